The van der Waals surface area contributed by atoms with Gasteiger partial charge in [-0.25, -0.2) is 8.42 Å². The molecule has 156 valence electrons. The SMILES string of the molecule is Cc1cccc(NC(=O)c2cc(-c3ccc(C)c(C)c3)n(C3CCS(=O)(=O)C3)n2)c1. The van der Waals surface area contributed by atoms with E-state index in [4.69, 9.17) is 0 Å². The lowest BCUT2D eigenvalue weighted by Crippen LogP contribution is -2.16. The van der Waals surface area contributed by atoms with Crippen LogP contribution in [0.15, 0.2) is 48.5 Å². The molecule has 1 aliphatic rings. The molecule has 1 aromatic heterocycles. The van der Waals surface area contributed by atoms with Crippen molar-refractivity contribution in [1.29, 1.82) is 0 Å². The molecule has 0 aliphatic carbocycles. The second-order valence-corrected chi connectivity index (χ2v) is 10.3. The summed E-state index contributed by atoms with van der Waals surface area (Å²) >= 11 is 0. The van der Waals surface area contributed by atoms with Crippen LogP contribution in [0.5, 0.6) is 0 Å². The summed E-state index contributed by atoms with van der Waals surface area (Å²) in [4.78, 5) is 12.9. The number of carbonyl (C=O) groups excluding carboxylic acids is 1. The van der Waals surface area contributed by atoms with Crippen LogP contribution in [0.3, 0.4) is 0 Å². The first kappa shape index (κ1) is 20.3. The van der Waals surface area contributed by atoms with E-state index in [-0.39, 0.29) is 29.1 Å². The number of nitrogens with one attached hydrogen (secondary N) is 1. The highest BCUT2D eigenvalue weighted by Gasteiger charge is 2.32. The number of carbonyl (C=O) groups is 1. The third-order valence-electron chi connectivity index (χ3n) is 5.60. The van der Waals surface area contributed by atoms with Crippen molar-refractivity contribution < 1.29 is 13.2 Å². The molecule has 1 unspecified atom stereocenters. The van der Waals surface area contributed by atoms with Crippen LogP contribution in [0, 0.1) is 20.8 Å². The van der Waals surface area contributed by atoms with Gasteiger partial charge in [-0.1, -0.05) is 24.3 Å². The van der Waals surface area contributed by atoms with E-state index in [1.807, 2.05) is 57.2 Å². The van der Waals surface area contributed by atoms with Gasteiger partial charge in [-0.2, -0.15) is 5.10 Å². The average molecular weight is 424 g/mol. The third kappa shape index (κ3) is 4.16. The maximum atomic E-state index is 12.9. The quantitative estimate of drug-likeness (QED) is 0.685. The van der Waals surface area contributed by atoms with Gasteiger partial charge in [0.25, 0.3) is 5.91 Å². The third-order valence-corrected chi connectivity index (χ3v) is 7.35. The van der Waals surface area contributed by atoms with Crippen LogP contribution >= 0.6 is 0 Å². The second-order valence-electron chi connectivity index (χ2n) is 8.04. The lowest BCUT2D eigenvalue weighted by molar-refractivity contribution is 0.102. The van der Waals surface area contributed by atoms with Crippen LogP contribution in [0.1, 0.15) is 39.6 Å². The smallest absolute Gasteiger partial charge is 0.276 e. The number of amides is 1. The lowest BCUT2D eigenvalue weighted by Gasteiger charge is -2.14. The molecule has 1 amide bonds. The Kier molecular flexibility index (Phi) is 5.24. The molecule has 0 spiro atoms. The maximum Gasteiger partial charge on any atom is 0.276 e. The van der Waals surface area contributed by atoms with Crippen LogP contribution in [-0.4, -0.2) is 35.6 Å². The number of rotatable bonds is 4. The summed E-state index contributed by atoms with van der Waals surface area (Å²) in [5, 5.41) is 7.43. The van der Waals surface area contributed by atoms with E-state index < -0.39 is 9.84 Å². The minimum absolute atomic E-state index is 0.0471. The molecule has 2 aromatic carbocycles. The molecule has 1 fully saturated rings. The number of benzene rings is 2. The van der Waals surface area contributed by atoms with E-state index >= 15 is 0 Å². The molecule has 1 N–H and O–H groups in total. The summed E-state index contributed by atoms with van der Waals surface area (Å²) in [5.74, 6) is -0.120. The number of anilines is 1. The molecule has 2 heterocycles. The van der Waals surface area contributed by atoms with Gasteiger partial charge in [0, 0.05) is 11.3 Å². The topological polar surface area (TPSA) is 81.1 Å². The van der Waals surface area contributed by atoms with Gasteiger partial charge in [0.1, 0.15) is 0 Å². The Bertz CT molecular complexity index is 1230. The zero-order valence-corrected chi connectivity index (χ0v) is 18.2. The standard InChI is InChI=1S/C23H25N3O3S/c1-15-5-4-6-19(11-15)24-23(27)21-13-22(18-8-7-16(2)17(3)12-18)26(25-21)20-9-10-30(28,29)14-20/h4-8,11-13,20H,9-10,14H2,1-3H3,(H,24,27). The molecule has 3 aromatic rings. The van der Waals surface area contributed by atoms with Crippen molar-refractivity contribution >= 4 is 21.4 Å². The number of hydrogen-bond acceptors (Lipinski definition) is 4. The Labute approximate surface area is 176 Å². The van der Waals surface area contributed by atoms with Crippen molar-refractivity contribution in [3.63, 3.8) is 0 Å². The maximum absolute atomic E-state index is 12.9. The highest BCUT2D eigenvalue weighted by molar-refractivity contribution is 7.91. The van der Waals surface area contributed by atoms with Gasteiger partial charge < -0.3 is 5.32 Å². The van der Waals surface area contributed by atoms with E-state index in [1.54, 1.807) is 10.7 Å². The number of aromatic nitrogens is 2. The van der Waals surface area contributed by atoms with Crippen molar-refractivity contribution in [2.24, 2.45) is 0 Å². The molecule has 1 saturated heterocycles. The van der Waals surface area contributed by atoms with Crippen LogP contribution in [0.25, 0.3) is 11.3 Å². The summed E-state index contributed by atoms with van der Waals surface area (Å²) < 4.78 is 25.8. The van der Waals surface area contributed by atoms with Gasteiger partial charge in [-0.15, -0.1) is 0 Å². The van der Waals surface area contributed by atoms with Gasteiger partial charge in [0.2, 0.25) is 0 Å². The van der Waals surface area contributed by atoms with Crippen molar-refractivity contribution in [1.82, 2.24) is 9.78 Å². The predicted molar refractivity (Wildman–Crippen MR) is 119 cm³/mol. The van der Waals surface area contributed by atoms with Gasteiger partial charge in [0.05, 0.1) is 23.2 Å². The van der Waals surface area contributed by atoms with Crippen molar-refractivity contribution in [2.75, 3.05) is 16.8 Å². The summed E-state index contributed by atoms with van der Waals surface area (Å²) in [6.45, 7) is 6.04. The zero-order valence-electron chi connectivity index (χ0n) is 17.3. The summed E-state index contributed by atoms with van der Waals surface area (Å²) in [5.41, 5.74) is 6.00. The molecule has 7 heteroatoms. The fraction of sp³-hybridized carbons (Fsp3) is 0.304. The molecule has 0 bridgehead atoms. The van der Waals surface area contributed by atoms with Crippen molar-refractivity contribution in [3.8, 4) is 11.3 Å². The zero-order chi connectivity index (χ0) is 21.5. The minimum atomic E-state index is -3.08. The molecule has 6 nitrogen and oxygen atoms in total. The summed E-state index contributed by atoms with van der Waals surface area (Å²) in [6, 6.07) is 15.1. The second kappa shape index (κ2) is 7.72. The van der Waals surface area contributed by atoms with Gasteiger partial charge >= 0.3 is 0 Å². The van der Waals surface area contributed by atoms with E-state index in [1.165, 1.54) is 5.56 Å². The monoisotopic (exact) mass is 423 g/mol. The fourth-order valence-corrected chi connectivity index (χ4v) is 5.48. The Morgan fingerprint density at radius 2 is 1.87 bits per heavy atom. The predicted octanol–water partition coefficient (Wildman–Crippen LogP) is 4.09. The van der Waals surface area contributed by atoms with E-state index in [9.17, 15) is 13.2 Å². The minimum Gasteiger partial charge on any atom is -0.321 e. The molecule has 0 saturated carbocycles. The Hall–Kier alpha value is -2.93. The molecule has 30 heavy (non-hydrogen) atoms. The fourth-order valence-electron chi connectivity index (χ4n) is 3.79. The first-order chi connectivity index (χ1) is 14.2. The molecule has 1 aliphatic heterocycles. The number of sulfone groups is 1. The largest absolute Gasteiger partial charge is 0.321 e. The lowest BCUT2D eigenvalue weighted by atomic mass is 10.0. The Morgan fingerprint density at radius 1 is 1.07 bits per heavy atom. The number of nitrogens with zero attached hydrogens (tertiary/aromatic N) is 2. The molecule has 4 rings (SSSR count). The first-order valence-electron chi connectivity index (χ1n) is 9.97. The number of aryl methyl sites for hydroxylation is 3. The first-order valence-corrected chi connectivity index (χ1v) is 11.8. The van der Waals surface area contributed by atoms with Crippen LogP contribution < -0.4 is 5.32 Å². The molecular formula is C23H25N3O3S. The van der Waals surface area contributed by atoms with E-state index in [0.29, 0.717) is 12.1 Å². The summed E-state index contributed by atoms with van der Waals surface area (Å²) in [6.07, 6.45) is 0.501. The Morgan fingerprint density at radius 3 is 2.53 bits per heavy atom. The average Bonchev–Trinajstić information content (AvgIpc) is 3.27. The molecular weight excluding hydrogens is 398 g/mol. The summed E-state index contributed by atoms with van der Waals surface area (Å²) in [7, 11) is -3.08. The normalized spacial score (nSPS) is 17.8. The van der Waals surface area contributed by atoms with Crippen molar-refractivity contribution in [2.45, 2.75) is 33.2 Å². The highest BCUT2D eigenvalue weighted by atomic mass is 32.2. The van der Waals surface area contributed by atoms with E-state index in [0.717, 1.165) is 22.4 Å². The van der Waals surface area contributed by atoms with Crippen LogP contribution in [0.2, 0.25) is 0 Å². The number of hydrogen-bond donors (Lipinski definition) is 1. The Balaban J connectivity index is 1.73. The van der Waals surface area contributed by atoms with Crippen LogP contribution in [0.4, 0.5) is 5.69 Å². The van der Waals surface area contributed by atoms with E-state index in [2.05, 4.69) is 16.5 Å². The molecule has 1 atom stereocenters. The highest BCUT2D eigenvalue weighted by Crippen LogP contribution is 2.31. The molecule has 0 radical (unpaired) electrons. The van der Waals surface area contributed by atoms with Gasteiger partial charge in [-0.05, 0) is 68.1 Å². The van der Waals surface area contributed by atoms with Gasteiger partial charge in [-0.3, -0.25) is 9.48 Å². The van der Waals surface area contributed by atoms with Crippen LogP contribution in [-0.2, 0) is 9.84 Å². The van der Waals surface area contributed by atoms with Crippen molar-refractivity contribution in [3.05, 3.63) is 70.9 Å². The van der Waals surface area contributed by atoms with Gasteiger partial charge in [0.15, 0.2) is 15.5 Å².